The maximum atomic E-state index is 9.89. The summed E-state index contributed by atoms with van der Waals surface area (Å²) in [5, 5.41) is 23.5. The minimum absolute atomic E-state index is 0.153. The first-order chi connectivity index (χ1) is 8.21. The monoisotopic (exact) mass is 271 g/mol. The van der Waals surface area contributed by atoms with Crippen LogP contribution in [0.15, 0.2) is 12.1 Å². The molecule has 0 bridgehead atoms. The van der Waals surface area contributed by atoms with Crippen LogP contribution in [0.2, 0.25) is 5.02 Å². The molecule has 1 unspecified atom stereocenters. The number of phenols is 1. The number of hydrogen-bond donors (Lipinski definition) is 3. The first-order valence-corrected chi connectivity index (χ1v) is 6.46. The van der Waals surface area contributed by atoms with E-state index in [0.29, 0.717) is 18.1 Å². The molecule has 0 fully saturated rings. The molecule has 0 aliphatic carbocycles. The van der Waals surface area contributed by atoms with Crippen LogP contribution in [-0.4, -0.2) is 22.9 Å². The largest absolute Gasteiger partial charge is 0.507 e. The van der Waals surface area contributed by atoms with Gasteiger partial charge < -0.3 is 15.5 Å². The number of benzene rings is 1. The van der Waals surface area contributed by atoms with Gasteiger partial charge in [0.15, 0.2) is 0 Å². The Morgan fingerprint density at radius 1 is 1.33 bits per heavy atom. The summed E-state index contributed by atoms with van der Waals surface area (Å²) in [5.74, 6) is 0.261. The van der Waals surface area contributed by atoms with Crippen molar-refractivity contribution in [2.75, 3.05) is 6.54 Å². The summed E-state index contributed by atoms with van der Waals surface area (Å²) in [7, 11) is 0. The fourth-order valence-electron chi connectivity index (χ4n) is 1.59. The van der Waals surface area contributed by atoms with Gasteiger partial charge in [-0.1, -0.05) is 32.4 Å². The smallest absolute Gasteiger partial charge is 0.123 e. The van der Waals surface area contributed by atoms with Crippen LogP contribution in [0.5, 0.6) is 5.75 Å². The van der Waals surface area contributed by atoms with E-state index in [1.165, 1.54) is 0 Å². The second-order valence-corrected chi connectivity index (χ2v) is 6.18. The summed E-state index contributed by atoms with van der Waals surface area (Å²) in [5.41, 5.74) is 1.36. The molecule has 0 aromatic heterocycles. The van der Waals surface area contributed by atoms with Crippen molar-refractivity contribution in [2.24, 2.45) is 5.41 Å². The molecule has 0 radical (unpaired) electrons. The average molecular weight is 272 g/mol. The van der Waals surface area contributed by atoms with Crippen molar-refractivity contribution in [2.45, 2.75) is 40.3 Å². The minimum Gasteiger partial charge on any atom is -0.507 e. The number of aryl methyl sites for hydroxylation is 1. The zero-order valence-corrected chi connectivity index (χ0v) is 12.2. The zero-order chi connectivity index (χ0) is 13.9. The first kappa shape index (κ1) is 15.3. The fourth-order valence-corrected chi connectivity index (χ4v) is 1.88. The Balaban J connectivity index is 2.60. The molecule has 0 spiro atoms. The number of aliphatic hydroxyl groups excluding tert-OH is 1. The number of hydrogen-bond acceptors (Lipinski definition) is 3. The van der Waals surface area contributed by atoms with Gasteiger partial charge in [-0.15, -0.1) is 0 Å². The van der Waals surface area contributed by atoms with Crippen molar-refractivity contribution < 1.29 is 10.2 Å². The van der Waals surface area contributed by atoms with Gasteiger partial charge in [-0.2, -0.15) is 0 Å². The van der Waals surface area contributed by atoms with E-state index in [0.717, 1.165) is 11.1 Å². The van der Waals surface area contributed by atoms with Crippen molar-refractivity contribution in [1.29, 1.82) is 0 Å². The Bertz CT molecular complexity index is 413. The lowest BCUT2D eigenvalue weighted by atomic mass is 9.89. The lowest BCUT2D eigenvalue weighted by Gasteiger charge is -2.26. The van der Waals surface area contributed by atoms with Crippen molar-refractivity contribution in [1.82, 2.24) is 5.32 Å². The van der Waals surface area contributed by atoms with Gasteiger partial charge in [-0.3, -0.25) is 0 Å². The molecule has 1 aromatic rings. The van der Waals surface area contributed by atoms with Crippen LogP contribution < -0.4 is 5.32 Å². The van der Waals surface area contributed by atoms with Crippen LogP contribution in [0.25, 0.3) is 0 Å². The van der Waals surface area contributed by atoms with Gasteiger partial charge in [0.25, 0.3) is 0 Å². The van der Waals surface area contributed by atoms with E-state index in [2.05, 4.69) is 5.32 Å². The molecule has 102 valence electrons. The highest BCUT2D eigenvalue weighted by Gasteiger charge is 2.21. The summed E-state index contributed by atoms with van der Waals surface area (Å²) in [6.45, 7) is 8.74. The molecule has 3 nitrogen and oxygen atoms in total. The van der Waals surface area contributed by atoms with Gasteiger partial charge in [0.1, 0.15) is 5.75 Å². The van der Waals surface area contributed by atoms with Crippen LogP contribution in [0.3, 0.4) is 0 Å². The van der Waals surface area contributed by atoms with Crippen molar-refractivity contribution >= 4 is 11.6 Å². The number of rotatable bonds is 4. The van der Waals surface area contributed by atoms with E-state index < -0.39 is 6.10 Å². The Kier molecular flexibility index (Phi) is 5.02. The van der Waals surface area contributed by atoms with Gasteiger partial charge in [-0.25, -0.2) is 0 Å². The number of aliphatic hydroxyl groups is 1. The maximum Gasteiger partial charge on any atom is 0.123 e. The summed E-state index contributed by atoms with van der Waals surface area (Å²) in [6.07, 6.45) is -0.431. The van der Waals surface area contributed by atoms with E-state index >= 15 is 0 Å². The Morgan fingerprint density at radius 3 is 2.50 bits per heavy atom. The highest BCUT2D eigenvalue weighted by Crippen LogP contribution is 2.26. The molecule has 1 atom stereocenters. The fraction of sp³-hybridized carbons (Fsp3) is 0.571. The van der Waals surface area contributed by atoms with E-state index in [1.54, 1.807) is 12.1 Å². The molecule has 4 heteroatoms. The Labute approximate surface area is 114 Å². The topological polar surface area (TPSA) is 52.5 Å². The molecule has 0 saturated carbocycles. The molecule has 1 rings (SSSR count). The second kappa shape index (κ2) is 5.91. The predicted molar refractivity (Wildman–Crippen MR) is 75.0 cm³/mol. The van der Waals surface area contributed by atoms with E-state index in [9.17, 15) is 10.2 Å². The highest BCUT2D eigenvalue weighted by atomic mass is 35.5. The third-order valence-electron chi connectivity index (χ3n) is 3.00. The van der Waals surface area contributed by atoms with Crippen molar-refractivity contribution in [3.05, 3.63) is 28.3 Å². The SMILES string of the molecule is Cc1cc(Cl)cc(CNCC(O)C(C)(C)C)c1O. The normalized spacial score (nSPS) is 13.7. The van der Waals surface area contributed by atoms with Gasteiger partial charge in [0.05, 0.1) is 6.10 Å². The molecule has 3 N–H and O–H groups in total. The maximum absolute atomic E-state index is 9.89. The molecule has 1 aromatic carbocycles. The molecule has 0 aliphatic heterocycles. The van der Waals surface area contributed by atoms with E-state index in [-0.39, 0.29) is 11.2 Å². The number of aromatic hydroxyl groups is 1. The average Bonchev–Trinajstić information content (AvgIpc) is 2.23. The van der Waals surface area contributed by atoms with Gasteiger partial charge in [-0.05, 0) is 30.0 Å². The van der Waals surface area contributed by atoms with Crippen LogP contribution in [0, 0.1) is 12.3 Å². The summed E-state index contributed by atoms with van der Waals surface area (Å²) in [4.78, 5) is 0. The van der Waals surface area contributed by atoms with Gasteiger partial charge in [0, 0.05) is 23.7 Å². The highest BCUT2D eigenvalue weighted by molar-refractivity contribution is 6.30. The molecule has 0 aliphatic rings. The predicted octanol–water partition coefficient (Wildman–Crippen LogP) is 2.85. The van der Waals surface area contributed by atoms with Crippen LogP contribution in [-0.2, 0) is 6.54 Å². The number of phenolic OH excluding ortho intramolecular Hbond substituents is 1. The van der Waals surface area contributed by atoms with Crippen LogP contribution in [0.1, 0.15) is 31.9 Å². The van der Waals surface area contributed by atoms with E-state index in [1.807, 2.05) is 27.7 Å². The van der Waals surface area contributed by atoms with E-state index in [4.69, 9.17) is 11.6 Å². The second-order valence-electron chi connectivity index (χ2n) is 5.74. The van der Waals surface area contributed by atoms with Gasteiger partial charge >= 0.3 is 0 Å². The lowest BCUT2D eigenvalue weighted by molar-refractivity contribution is 0.0627. The van der Waals surface area contributed by atoms with Crippen molar-refractivity contribution in [3.8, 4) is 5.75 Å². The number of nitrogens with one attached hydrogen (secondary N) is 1. The number of halogens is 1. The molecule has 0 amide bonds. The summed E-state index contributed by atoms with van der Waals surface area (Å²) >= 11 is 5.95. The Morgan fingerprint density at radius 2 is 1.94 bits per heavy atom. The summed E-state index contributed by atoms with van der Waals surface area (Å²) < 4.78 is 0. The molecular weight excluding hydrogens is 250 g/mol. The third-order valence-corrected chi connectivity index (χ3v) is 3.22. The quantitative estimate of drug-likeness (QED) is 0.789. The molecular formula is C14H22ClNO2. The lowest BCUT2D eigenvalue weighted by Crippen LogP contribution is -2.36. The minimum atomic E-state index is -0.431. The standard InChI is InChI=1S/C14H22ClNO2/c1-9-5-11(15)6-10(13(9)18)7-16-8-12(17)14(2,3)4/h5-6,12,16-18H,7-8H2,1-4H3. The third kappa shape index (κ3) is 4.16. The van der Waals surface area contributed by atoms with Crippen LogP contribution in [0.4, 0.5) is 0 Å². The van der Waals surface area contributed by atoms with Crippen molar-refractivity contribution in [3.63, 3.8) is 0 Å². The van der Waals surface area contributed by atoms with Gasteiger partial charge in [0.2, 0.25) is 0 Å². The molecule has 18 heavy (non-hydrogen) atoms. The first-order valence-electron chi connectivity index (χ1n) is 6.08. The molecule has 0 heterocycles. The zero-order valence-electron chi connectivity index (χ0n) is 11.4. The summed E-state index contributed by atoms with van der Waals surface area (Å²) in [6, 6.07) is 3.46. The Hall–Kier alpha value is -0.770. The molecule has 0 saturated heterocycles. The van der Waals surface area contributed by atoms with Crippen LogP contribution >= 0.6 is 11.6 Å².